The van der Waals surface area contributed by atoms with E-state index < -0.39 is 0 Å². The number of pyridine rings is 1. The van der Waals surface area contributed by atoms with Gasteiger partial charge in [0.15, 0.2) is 0 Å². The number of methoxy groups -OCH3 is 1. The zero-order valence-corrected chi connectivity index (χ0v) is 14.1. The van der Waals surface area contributed by atoms with Crippen LogP contribution in [0, 0.1) is 0 Å². The molecule has 1 N–H and O–H groups in total. The van der Waals surface area contributed by atoms with Crippen molar-refractivity contribution in [1.82, 2.24) is 10.3 Å². The molecular weight excluding hydrogens is 312 g/mol. The normalized spacial score (nSPS) is 11.6. The number of carbonyl (C=O) groups is 1. The summed E-state index contributed by atoms with van der Waals surface area (Å²) in [6.45, 7) is 0. The first-order valence-corrected chi connectivity index (χ1v) is 8.14. The summed E-state index contributed by atoms with van der Waals surface area (Å²) >= 11 is 0. The minimum Gasteiger partial charge on any atom is -0.497 e. The number of rotatable bonds is 6. The fraction of sp³-hybridized carbons (Fsp3) is 0.143. The van der Waals surface area contributed by atoms with Gasteiger partial charge in [0.2, 0.25) is 5.91 Å². The molecule has 3 rings (SSSR count). The summed E-state index contributed by atoms with van der Waals surface area (Å²) in [5, 5.41) is 3.09. The maximum absolute atomic E-state index is 12.6. The topological polar surface area (TPSA) is 51.2 Å². The van der Waals surface area contributed by atoms with E-state index in [1.165, 1.54) is 0 Å². The molecule has 0 aliphatic carbocycles. The molecule has 1 heterocycles. The van der Waals surface area contributed by atoms with Gasteiger partial charge in [0.05, 0.1) is 25.3 Å². The van der Waals surface area contributed by atoms with E-state index in [-0.39, 0.29) is 11.9 Å². The summed E-state index contributed by atoms with van der Waals surface area (Å²) in [4.78, 5) is 17.0. The molecule has 0 radical (unpaired) electrons. The molecule has 126 valence electrons. The quantitative estimate of drug-likeness (QED) is 0.751. The minimum atomic E-state index is -0.270. The highest BCUT2D eigenvalue weighted by Gasteiger charge is 2.17. The van der Waals surface area contributed by atoms with Crippen LogP contribution >= 0.6 is 0 Å². The molecule has 1 unspecified atom stereocenters. The smallest absolute Gasteiger partial charge is 0.225 e. The van der Waals surface area contributed by atoms with E-state index in [1.807, 2.05) is 72.8 Å². The van der Waals surface area contributed by atoms with Crippen LogP contribution in [-0.2, 0) is 11.2 Å². The van der Waals surface area contributed by atoms with Gasteiger partial charge in [-0.25, -0.2) is 0 Å². The number of aromatic nitrogens is 1. The van der Waals surface area contributed by atoms with Crippen molar-refractivity contribution >= 4 is 5.91 Å². The van der Waals surface area contributed by atoms with E-state index >= 15 is 0 Å². The average Bonchev–Trinajstić information content (AvgIpc) is 2.68. The van der Waals surface area contributed by atoms with Crippen LogP contribution in [0.5, 0.6) is 5.75 Å². The highest BCUT2D eigenvalue weighted by Crippen LogP contribution is 2.20. The maximum Gasteiger partial charge on any atom is 0.225 e. The van der Waals surface area contributed by atoms with Crippen LogP contribution in [0.2, 0.25) is 0 Å². The van der Waals surface area contributed by atoms with Crippen LogP contribution < -0.4 is 10.1 Å². The second-order valence-corrected chi connectivity index (χ2v) is 5.69. The van der Waals surface area contributed by atoms with Crippen molar-refractivity contribution in [3.63, 3.8) is 0 Å². The lowest BCUT2D eigenvalue weighted by Gasteiger charge is -2.19. The molecule has 0 saturated carbocycles. The monoisotopic (exact) mass is 332 g/mol. The molecule has 0 spiro atoms. The predicted octanol–water partition coefficient (Wildman–Crippen LogP) is 3.54. The molecular formula is C21H20N2O2. The van der Waals surface area contributed by atoms with Crippen molar-refractivity contribution in [1.29, 1.82) is 0 Å². The van der Waals surface area contributed by atoms with Crippen LogP contribution in [0.3, 0.4) is 0 Å². The Morgan fingerprint density at radius 2 is 1.72 bits per heavy atom. The van der Waals surface area contributed by atoms with Gasteiger partial charge in [0.1, 0.15) is 5.75 Å². The van der Waals surface area contributed by atoms with E-state index in [2.05, 4.69) is 10.3 Å². The molecule has 1 amide bonds. The van der Waals surface area contributed by atoms with Gasteiger partial charge in [-0.15, -0.1) is 0 Å². The molecule has 0 bridgehead atoms. The Bertz CT molecular complexity index is 763. The molecule has 0 fully saturated rings. The summed E-state index contributed by atoms with van der Waals surface area (Å²) < 4.78 is 5.15. The molecule has 1 aromatic heterocycles. The summed E-state index contributed by atoms with van der Waals surface area (Å²) in [6, 6.07) is 22.8. The number of amides is 1. The van der Waals surface area contributed by atoms with E-state index in [0.717, 1.165) is 22.6 Å². The molecule has 0 aliphatic heterocycles. The minimum absolute atomic E-state index is 0.0512. The number of carbonyl (C=O) groups excluding carboxylic acids is 1. The Morgan fingerprint density at radius 1 is 1.00 bits per heavy atom. The lowest BCUT2D eigenvalue weighted by molar-refractivity contribution is -0.121. The lowest BCUT2D eigenvalue weighted by Crippen LogP contribution is -2.31. The number of hydrogen-bond acceptors (Lipinski definition) is 3. The molecule has 0 saturated heterocycles. The van der Waals surface area contributed by atoms with E-state index in [0.29, 0.717) is 6.42 Å². The Hall–Kier alpha value is -3.14. The third kappa shape index (κ3) is 4.44. The standard InChI is InChI=1S/C21H20N2O2/c1-25-18-12-10-16(11-13-18)15-20(24)23-21(17-7-3-2-4-8-17)19-9-5-6-14-22-19/h2-14,21H,15H2,1H3,(H,23,24). The van der Waals surface area contributed by atoms with Crippen LogP contribution in [0.4, 0.5) is 0 Å². The second-order valence-electron chi connectivity index (χ2n) is 5.69. The molecule has 3 aromatic rings. The highest BCUT2D eigenvalue weighted by atomic mass is 16.5. The van der Waals surface area contributed by atoms with E-state index in [4.69, 9.17) is 4.74 Å². The third-order valence-electron chi connectivity index (χ3n) is 3.95. The van der Waals surface area contributed by atoms with Gasteiger partial charge in [-0.1, -0.05) is 48.5 Å². The molecule has 0 aliphatic rings. The molecule has 2 aromatic carbocycles. The molecule has 25 heavy (non-hydrogen) atoms. The molecule has 1 atom stereocenters. The summed E-state index contributed by atoms with van der Waals surface area (Å²) in [5.41, 5.74) is 2.76. The second kappa shape index (κ2) is 8.11. The number of hydrogen-bond donors (Lipinski definition) is 1. The van der Waals surface area contributed by atoms with Crippen molar-refractivity contribution in [2.45, 2.75) is 12.5 Å². The third-order valence-corrected chi connectivity index (χ3v) is 3.95. The highest BCUT2D eigenvalue weighted by molar-refractivity contribution is 5.79. The Balaban J connectivity index is 1.76. The maximum atomic E-state index is 12.6. The van der Waals surface area contributed by atoms with Crippen LogP contribution in [0.1, 0.15) is 22.9 Å². The first-order chi connectivity index (χ1) is 12.3. The number of nitrogens with one attached hydrogen (secondary N) is 1. The zero-order valence-electron chi connectivity index (χ0n) is 14.1. The van der Waals surface area contributed by atoms with Gasteiger partial charge in [0.25, 0.3) is 0 Å². The SMILES string of the molecule is COc1ccc(CC(=O)NC(c2ccccc2)c2ccccn2)cc1. The Labute approximate surface area is 147 Å². The Morgan fingerprint density at radius 3 is 2.36 bits per heavy atom. The van der Waals surface area contributed by atoms with Crippen molar-refractivity contribution in [2.24, 2.45) is 0 Å². The average molecular weight is 332 g/mol. The fourth-order valence-corrected chi connectivity index (χ4v) is 2.66. The van der Waals surface area contributed by atoms with E-state index in [1.54, 1.807) is 13.3 Å². The van der Waals surface area contributed by atoms with Crippen molar-refractivity contribution in [3.8, 4) is 5.75 Å². The lowest BCUT2D eigenvalue weighted by atomic mass is 10.0. The van der Waals surface area contributed by atoms with Gasteiger partial charge in [-0.2, -0.15) is 0 Å². The summed E-state index contributed by atoms with van der Waals surface area (Å²) in [6.07, 6.45) is 2.04. The zero-order chi connectivity index (χ0) is 17.5. The summed E-state index contributed by atoms with van der Waals surface area (Å²) in [5.74, 6) is 0.726. The van der Waals surface area contributed by atoms with E-state index in [9.17, 15) is 4.79 Å². The van der Waals surface area contributed by atoms with Crippen molar-refractivity contribution in [3.05, 3.63) is 95.8 Å². The number of benzene rings is 2. The van der Waals surface area contributed by atoms with Crippen molar-refractivity contribution < 1.29 is 9.53 Å². The number of ether oxygens (including phenoxy) is 1. The van der Waals surface area contributed by atoms with Crippen molar-refractivity contribution in [2.75, 3.05) is 7.11 Å². The first-order valence-electron chi connectivity index (χ1n) is 8.14. The van der Waals surface area contributed by atoms with Gasteiger partial charge in [-0.3, -0.25) is 9.78 Å². The van der Waals surface area contributed by atoms with Gasteiger partial charge in [0, 0.05) is 6.20 Å². The van der Waals surface area contributed by atoms with Gasteiger partial charge < -0.3 is 10.1 Å². The van der Waals surface area contributed by atoms with Crippen LogP contribution in [0.15, 0.2) is 79.0 Å². The summed E-state index contributed by atoms with van der Waals surface area (Å²) in [7, 11) is 1.62. The van der Waals surface area contributed by atoms with Crippen LogP contribution in [-0.4, -0.2) is 18.0 Å². The number of nitrogens with zero attached hydrogens (tertiary/aromatic N) is 1. The first kappa shape index (κ1) is 16.7. The largest absolute Gasteiger partial charge is 0.497 e. The predicted molar refractivity (Wildman–Crippen MR) is 97.4 cm³/mol. The molecule has 4 nitrogen and oxygen atoms in total. The fourth-order valence-electron chi connectivity index (χ4n) is 2.66. The van der Waals surface area contributed by atoms with Gasteiger partial charge in [-0.05, 0) is 35.4 Å². The van der Waals surface area contributed by atoms with Crippen LogP contribution in [0.25, 0.3) is 0 Å². The Kier molecular flexibility index (Phi) is 5.42. The molecule has 4 heteroatoms. The van der Waals surface area contributed by atoms with Gasteiger partial charge >= 0.3 is 0 Å².